The van der Waals surface area contributed by atoms with E-state index < -0.39 is 11.9 Å². The Bertz CT molecular complexity index is 755. The van der Waals surface area contributed by atoms with Gasteiger partial charge in [-0.2, -0.15) is 0 Å². The van der Waals surface area contributed by atoms with Gasteiger partial charge in [0, 0.05) is 30.8 Å². The summed E-state index contributed by atoms with van der Waals surface area (Å²) in [4.78, 5) is 38.1. The molecule has 0 spiro atoms. The molecule has 27 heavy (non-hydrogen) atoms. The first-order valence-electron chi connectivity index (χ1n) is 9.68. The van der Waals surface area contributed by atoms with Gasteiger partial charge < -0.3 is 15.3 Å². The number of amides is 2. The van der Waals surface area contributed by atoms with Crippen molar-refractivity contribution in [1.29, 1.82) is 0 Å². The highest BCUT2D eigenvalue weighted by Gasteiger charge is 2.46. The molecule has 1 saturated heterocycles. The van der Waals surface area contributed by atoms with Gasteiger partial charge in [0.2, 0.25) is 5.91 Å². The van der Waals surface area contributed by atoms with E-state index in [-0.39, 0.29) is 30.2 Å². The largest absolute Gasteiger partial charge is 0.481 e. The van der Waals surface area contributed by atoms with Gasteiger partial charge in [0.1, 0.15) is 0 Å². The number of benzene rings is 1. The second-order valence-electron chi connectivity index (χ2n) is 8.33. The van der Waals surface area contributed by atoms with Crippen LogP contribution in [-0.4, -0.2) is 40.9 Å². The maximum Gasteiger partial charge on any atom is 0.308 e. The summed E-state index contributed by atoms with van der Waals surface area (Å²) in [6, 6.07) is 5.23. The number of likely N-dealkylation sites (tertiary alicyclic amines) is 1. The molecule has 0 aromatic heterocycles. The monoisotopic (exact) mass is 372 g/mol. The van der Waals surface area contributed by atoms with Crippen LogP contribution in [0.25, 0.3) is 0 Å². The lowest BCUT2D eigenvalue weighted by atomic mass is 9.92. The average molecular weight is 372 g/mol. The van der Waals surface area contributed by atoms with Crippen molar-refractivity contribution in [2.24, 2.45) is 23.7 Å². The zero-order valence-electron chi connectivity index (χ0n) is 16.2. The molecule has 2 aliphatic rings. The highest BCUT2D eigenvalue weighted by molar-refractivity contribution is 5.97. The van der Waals surface area contributed by atoms with E-state index in [1.807, 2.05) is 20.8 Å². The second kappa shape index (κ2) is 7.71. The van der Waals surface area contributed by atoms with E-state index in [9.17, 15) is 19.5 Å². The van der Waals surface area contributed by atoms with Gasteiger partial charge in [-0.05, 0) is 61.3 Å². The van der Waals surface area contributed by atoms with Crippen LogP contribution in [0.4, 0.5) is 5.69 Å². The molecule has 146 valence electrons. The summed E-state index contributed by atoms with van der Waals surface area (Å²) in [6.45, 7) is 6.64. The Labute approximate surface area is 159 Å². The SMILES string of the molecule is Cc1cc(C(=O)N2C[C@H](C(=O)O)[C@@H](C3CC3)C2)ccc1NC(=O)CC(C)C. The summed E-state index contributed by atoms with van der Waals surface area (Å²) in [5.41, 5.74) is 2.07. The molecule has 2 atom stereocenters. The van der Waals surface area contributed by atoms with Crippen LogP contribution in [0, 0.1) is 30.6 Å². The third-order valence-corrected chi connectivity index (χ3v) is 5.54. The summed E-state index contributed by atoms with van der Waals surface area (Å²) < 4.78 is 0. The molecular weight excluding hydrogens is 344 g/mol. The summed E-state index contributed by atoms with van der Waals surface area (Å²) in [6.07, 6.45) is 2.59. The second-order valence-corrected chi connectivity index (χ2v) is 8.33. The van der Waals surface area contributed by atoms with Crippen LogP contribution in [0.5, 0.6) is 0 Å². The van der Waals surface area contributed by atoms with E-state index in [1.54, 1.807) is 23.1 Å². The minimum absolute atomic E-state index is 0.0386. The number of rotatable bonds is 6. The van der Waals surface area contributed by atoms with E-state index in [1.165, 1.54) is 0 Å². The minimum atomic E-state index is -0.804. The Kier molecular flexibility index (Phi) is 5.53. The summed E-state index contributed by atoms with van der Waals surface area (Å²) in [7, 11) is 0. The molecule has 0 bridgehead atoms. The van der Waals surface area contributed by atoms with Gasteiger partial charge in [-0.1, -0.05) is 13.8 Å². The van der Waals surface area contributed by atoms with E-state index in [0.717, 1.165) is 18.4 Å². The smallest absolute Gasteiger partial charge is 0.308 e. The van der Waals surface area contributed by atoms with Gasteiger partial charge in [0.25, 0.3) is 5.91 Å². The lowest BCUT2D eigenvalue weighted by molar-refractivity contribution is -0.142. The molecule has 1 heterocycles. The molecule has 2 fully saturated rings. The number of carboxylic acid groups (broad SMARTS) is 1. The van der Waals surface area contributed by atoms with Crippen molar-refractivity contribution in [3.8, 4) is 0 Å². The predicted molar refractivity (Wildman–Crippen MR) is 103 cm³/mol. The zero-order valence-corrected chi connectivity index (χ0v) is 16.2. The van der Waals surface area contributed by atoms with Crippen molar-refractivity contribution in [3.63, 3.8) is 0 Å². The first-order valence-corrected chi connectivity index (χ1v) is 9.68. The molecule has 6 heteroatoms. The molecule has 3 rings (SSSR count). The number of carbonyl (C=O) groups is 3. The van der Waals surface area contributed by atoms with Crippen molar-refractivity contribution in [1.82, 2.24) is 4.90 Å². The highest BCUT2D eigenvalue weighted by atomic mass is 16.4. The van der Waals surface area contributed by atoms with Crippen LogP contribution in [-0.2, 0) is 9.59 Å². The van der Waals surface area contributed by atoms with Crippen LogP contribution < -0.4 is 5.32 Å². The van der Waals surface area contributed by atoms with Gasteiger partial charge in [0.15, 0.2) is 0 Å². The Balaban J connectivity index is 1.69. The average Bonchev–Trinajstić information content (AvgIpc) is 3.33. The minimum Gasteiger partial charge on any atom is -0.481 e. The number of hydrogen-bond donors (Lipinski definition) is 2. The van der Waals surface area contributed by atoms with E-state index in [4.69, 9.17) is 0 Å². The molecule has 0 radical (unpaired) electrons. The van der Waals surface area contributed by atoms with Crippen LogP contribution in [0.2, 0.25) is 0 Å². The molecule has 6 nitrogen and oxygen atoms in total. The van der Waals surface area contributed by atoms with Crippen molar-refractivity contribution >= 4 is 23.5 Å². The molecule has 1 saturated carbocycles. The van der Waals surface area contributed by atoms with Crippen LogP contribution in [0.3, 0.4) is 0 Å². The Morgan fingerprint density at radius 2 is 1.93 bits per heavy atom. The van der Waals surface area contributed by atoms with Gasteiger partial charge in [0.05, 0.1) is 5.92 Å². The Hall–Kier alpha value is -2.37. The van der Waals surface area contributed by atoms with Crippen LogP contribution >= 0.6 is 0 Å². The van der Waals surface area contributed by atoms with Crippen molar-refractivity contribution < 1.29 is 19.5 Å². The molecule has 0 unspecified atom stereocenters. The van der Waals surface area contributed by atoms with Crippen molar-refractivity contribution in [2.45, 2.75) is 40.0 Å². The number of aliphatic carboxylic acids is 1. The zero-order chi connectivity index (χ0) is 19.7. The standard InChI is InChI=1S/C21H28N2O4/c1-12(2)8-19(24)22-18-7-6-15(9-13(18)3)20(25)23-10-16(14-4-5-14)17(11-23)21(26)27/h6-7,9,12,14,16-17H,4-5,8,10-11H2,1-3H3,(H,22,24)(H,26,27)/t16-,17+/m1/s1. The molecule has 1 aliphatic carbocycles. The maximum atomic E-state index is 12.9. The number of carboxylic acids is 1. The third-order valence-electron chi connectivity index (χ3n) is 5.54. The molecule has 1 aromatic carbocycles. The van der Waals surface area contributed by atoms with Gasteiger partial charge in [-0.15, -0.1) is 0 Å². The molecular formula is C21H28N2O4. The van der Waals surface area contributed by atoms with Crippen molar-refractivity contribution in [2.75, 3.05) is 18.4 Å². The van der Waals surface area contributed by atoms with E-state index in [2.05, 4.69) is 5.32 Å². The fourth-order valence-electron chi connectivity index (χ4n) is 3.95. The fourth-order valence-corrected chi connectivity index (χ4v) is 3.95. The maximum absolute atomic E-state index is 12.9. The number of carbonyl (C=O) groups excluding carboxylic acids is 2. The third kappa shape index (κ3) is 4.49. The lowest BCUT2D eigenvalue weighted by Crippen LogP contribution is -2.30. The first-order chi connectivity index (χ1) is 12.8. The van der Waals surface area contributed by atoms with E-state index in [0.29, 0.717) is 30.1 Å². The number of nitrogens with zero attached hydrogens (tertiary/aromatic N) is 1. The lowest BCUT2D eigenvalue weighted by Gasteiger charge is -2.17. The number of nitrogens with one attached hydrogen (secondary N) is 1. The summed E-state index contributed by atoms with van der Waals surface area (Å²) >= 11 is 0. The Morgan fingerprint density at radius 3 is 2.48 bits per heavy atom. The van der Waals surface area contributed by atoms with Crippen molar-refractivity contribution in [3.05, 3.63) is 29.3 Å². The first kappa shape index (κ1) is 19.4. The fraction of sp³-hybridized carbons (Fsp3) is 0.571. The number of anilines is 1. The molecule has 2 N–H and O–H groups in total. The normalized spacial score (nSPS) is 22.1. The van der Waals surface area contributed by atoms with E-state index >= 15 is 0 Å². The van der Waals surface area contributed by atoms with Gasteiger partial charge >= 0.3 is 5.97 Å². The Morgan fingerprint density at radius 1 is 1.22 bits per heavy atom. The molecule has 1 aromatic rings. The summed E-state index contributed by atoms with van der Waals surface area (Å²) in [5, 5.41) is 12.4. The molecule has 2 amide bonds. The highest BCUT2D eigenvalue weighted by Crippen LogP contribution is 2.44. The van der Waals surface area contributed by atoms with Gasteiger partial charge in [-0.25, -0.2) is 0 Å². The quantitative estimate of drug-likeness (QED) is 0.803. The predicted octanol–water partition coefficient (Wildman–Crippen LogP) is 3.16. The number of aryl methyl sites for hydroxylation is 1. The van der Waals surface area contributed by atoms with Crippen LogP contribution in [0.1, 0.15) is 49.0 Å². The summed E-state index contributed by atoms with van der Waals surface area (Å²) in [5.74, 6) is -0.635. The topological polar surface area (TPSA) is 86.7 Å². The van der Waals surface area contributed by atoms with Gasteiger partial charge in [-0.3, -0.25) is 14.4 Å². The van der Waals surface area contributed by atoms with Crippen LogP contribution in [0.15, 0.2) is 18.2 Å². The number of hydrogen-bond acceptors (Lipinski definition) is 3. The molecule has 1 aliphatic heterocycles.